The van der Waals surface area contributed by atoms with Crippen molar-refractivity contribution in [3.63, 3.8) is 0 Å². The third-order valence-corrected chi connectivity index (χ3v) is 3.60. The molecule has 0 unspecified atom stereocenters. The lowest BCUT2D eigenvalue weighted by atomic mass is 10.1. The molecule has 1 fully saturated rings. The maximum absolute atomic E-state index is 11.7. The van der Waals surface area contributed by atoms with Gasteiger partial charge in [-0.05, 0) is 37.5 Å². The molecule has 0 bridgehead atoms. The molecule has 1 aromatic carbocycles. The molecule has 0 amide bonds. The standard InChI is InChI=1S/C15H18BrNO2/c1-2-19-15(18)11-14(17-8-3-4-9-17)12-6-5-7-13(16)10-12/h5-7,10-11H,2-4,8-9H2,1H3. The summed E-state index contributed by atoms with van der Waals surface area (Å²) in [7, 11) is 0. The summed E-state index contributed by atoms with van der Waals surface area (Å²) in [4.78, 5) is 14.0. The molecule has 2 rings (SSSR count). The van der Waals surface area contributed by atoms with Crippen LogP contribution in [-0.2, 0) is 9.53 Å². The summed E-state index contributed by atoms with van der Waals surface area (Å²) in [6.07, 6.45) is 3.96. The molecule has 0 aromatic heterocycles. The van der Waals surface area contributed by atoms with E-state index in [0.717, 1.165) is 28.8 Å². The van der Waals surface area contributed by atoms with Crippen molar-refractivity contribution in [2.24, 2.45) is 0 Å². The SMILES string of the molecule is CCOC(=O)C=C(c1cccc(Br)c1)N1CCCC1. The number of carbonyl (C=O) groups excluding carboxylic acids is 1. The molecule has 1 aromatic rings. The lowest BCUT2D eigenvalue weighted by Crippen LogP contribution is -2.19. The predicted molar refractivity (Wildman–Crippen MR) is 79.6 cm³/mol. The molecular formula is C15H18BrNO2. The topological polar surface area (TPSA) is 29.5 Å². The summed E-state index contributed by atoms with van der Waals surface area (Å²) < 4.78 is 6.04. The Morgan fingerprint density at radius 2 is 2.16 bits per heavy atom. The van der Waals surface area contributed by atoms with Crippen LogP contribution >= 0.6 is 15.9 Å². The third kappa shape index (κ3) is 3.83. The Morgan fingerprint density at radius 1 is 1.42 bits per heavy atom. The fourth-order valence-electron chi connectivity index (χ4n) is 2.26. The first-order valence-corrected chi connectivity index (χ1v) is 7.39. The van der Waals surface area contributed by atoms with Crippen LogP contribution in [0.4, 0.5) is 0 Å². The van der Waals surface area contributed by atoms with Crippen LogP contribution in [0.2, 0.25) is 0 Å². The molecule has 0 N–H and O–H groups in total. The number of esters is 1. The summed E-state index contributed by atoms with van der Waals surface area (Å²) in [5.74, 6) is -0.274. The van der Waals surface area contributed by atoms with Gasteiger partial charge in [0.05, 0.1) is 12.3 Å². The summed E-state index contributed by atoms with van der Waals surface area (Å²) in [6.45, 7) is 4.22. The number of likely N-dealkylation sites (tertiary alicyclic amines) is 1. The van der Waals surface area contributed by atoms with Crippen LogP contribution < -0.4 is 0 Å². The van der Waals surface area contributed by atoms with Crippen molar-refractivity contribution in [1.29, 1.82) is 0 Å². The quantitative estimate of drug-likeness (QED) is 0.628. The average Bonchev–Trinajstić information content (AvgIpc) is 2.90. The minimum atomic E-state index is -0.274. The molecule has 0 spiro atoms. The van der Waals surface area contributed by atoms with E-state index in [1.165, 1.54) is 12.8 Å². The van der Waals surface area contributed by atoms with E-state index in [0.29, 0.717) is 6.61 Å². The Morgan fingerprint density at radius 3 is 2.79 bits per heavy atom. The second kappa shape index (κ2) is 6.75. The number of hydrogen-bond acceptors (Lipinski definition) is 3. The van der Waals surface area contributed by atoms with E-state index in [4.69, 9.17) is 4.74 Å². The Bertz CT molecular complexity index is 479. The second-order valence-electron chi connectivity index (χ2n) is 4.49. The van der Waals surface area contributed by atoms with Gasteiger partial charge in [-0.25, -0.2) is 4.79 Å². The lowest BCUT2D eigenvalue weighted by molar-refractivity contribution is -0.137. The van der Waals surface area contributed by atoms with Crippen molar-refractivity contribution in [3.05, 3.63) is 40.4 Å². The van der Waals surface area contributed by atoms with Crippen LogP contribution in [0.5, 0.6) is 0 Å². The van der Waals surface area contributed by atoms with Gasteiger partial charge in [0.15, 0.2) is 0 Å². The Labute approximate surface area is 122 Å². The van der Waals surface area contributed by atoms with E-state index < -0.39 is 0 Å². The second-order valence-corrected chi connectivity index (χ2v) is 5.40. The van der Waals surface area contributed by atoms with Gasteiger partial charge in [0, 0.05) is 23.6 Å². The van der Waals surface area contributed by atoms with E-state index >= 15 is 0 Å². The highest BCUT2D eigenvalue weighted by atomic mass is 79.9. The van der Waals surface area contributed by atoms with Gasteiger partial charge in [-0.1, -0.05) is 28.1 Å². The minimum absolute atomic E-state index is 0.274. The molecule has 3 nitrogen and oxygen atoms in total. The molecule has 0 radical (unpaired) electrons. The molecule has 102 valence electrons. The van der Waals surface area contributed by atoms with Crippen LogP contribution in [0.1, 0.15) is 25.3 Å². The first-order chi connectivity index (χ1) is 9.20. The largest absolute Gasteiger partial charge is 0.463 e. The molecule has 0 atom stereocenters. The third-order valence-electron chi connectivity index (χ3n) is 3.11. The number of ether oxygens (including phenoxy) is 1. The van der Waals surface area contributed by atoms with Crippen molar-refractivity contribution in [3.8, 4) is 0 Å². The monoisotopic (exact) mass is 323 g/mol. The maximum atomic E-state index is 11.7. The molecule has 19 heavy (non-hydrogen) atoms. The zero-order chi connectivity index (χ0) is 13.7. The number of nitrogens with zero attached hydrogens (tertiary/aromatic N) is 1. The zero-order valence-corrected chi connectivity index (χ0v) is 12.6. The maximum Gasteiger partial charge on any atom is 0.332 e. The number of carbonyl (C=O) groups is 1. The molecular weight excluding hydrogens is 306 g/mol. The van der Waals surface area contributed by atoms with Crippen molar-refractivity contribution >= 4 is 27.6 Å². The van der Waals surface area contributed by atoms with Crippen molar-refractivity contribution in [1.82, 2.24) is 4.90 Å². The normalized spacial score (nSPS) is 15.7. The Balaban J connectivity index is 2.30. The number of hydrogen-bond donors (Lipinski definition) is 0. The zero-order valence-electron chi connectivity index (χ0n) is 11.1. The summed E-state index contributed by atoms with van der Waals surface area (Å²) >= 11 is 3.47. The van der Waals surface area contributed by atoms with Crippen LogP contribution in [0.25, 0.3) is 5.70 Å². The first-order valence-electron chi connectivity index (χ1n) is 6.60. The van der Waals surface area contributed by atoms with E-state index in [2.05, 4.69) is 20.8 Å². The van der Waals surface area contributed by atoms with Gasteiger partial charge in [0.1, 0.15) is 0 Å². The molecule has 0 saturated carbocycles. The van der Waals surface area contributed by atoms with E-state index in [-0.39, 0.29) is 5.97 Å². The Hall–Kier alpha value is -1.29. The first kappa shape index (κ1) is 14.1. The minimum Gasteiger partial charge on any atom is -0.463 e. The summed E-state index contributed by atoms with van der Waals surface area (Å²) in [5, 5.41) is 0. The number of rotatable bonds is 4. The van der Waals surface area contributed by atoms with Gasteiger partial charge < -0.3 is 9.64 Å². The van der Waals surface area contributed by atoms with Gasteiger partial charge >= 0.3 is 5.97 Å². The highest BCUT2D eigenvalue weighted by Gasteiger charge is 2.18. The smallest absolute Gasteiger partial charge is 0.332 e. The lowest BCUT2D eigenvalue weighted by Gasteiger charge is -2.21. The predicted octanol–water partition coefficient (Wildman–Crippen LogP) is 3.45. The summed E-state index contributed by atoms with van der Waals surface area (Å²) in [6, 6.07) is 8.02. The molecule has 1 aliphatic rings. The van der Waals surface area contributed by atoms with Crippen molar-refractivity contribution in [2.45, 2.75) is 19.8 Å². The molecule has 1 saturated heterocycles. The molecule has 1 heterocycles. The van der Waals surface area contributed by atoms with Crippen LogP contribution in [-0.4, -0.2) is 30.6 Å². The van der Waals surface area contributed by atoms with Crippen LogP contribution in [0.3, 0.4) is 0 Å². The highest BCUT2D eigenvalue weighted by Crippen LogP contribution is 2.26. The molecule has 0 aliphatic carbocycles. The van der Waals surface area contributed by atoms with Gasteiger partial charge in [-0.15, -0.1) is 0 Å². The van der Waals surface area contributed by atoms with Gasteiger partial charge in [-0.2, -0.15) is 0 Å². The van der Waals surface area contributed by atoms with Crippen molar-refractivity contribution < 1.29 is 9.53 Å². The van der Waals surface area contributed by atoms with Crippen molar-refractivity contribution in [2.75, 3.05) is 19.7 Å². The Kier molecular flexibility index (Phi) is 5.02. The fraction of sp³-hybridized carbons (Fsp3) is 0.400. The summed E-state index contributed by atoms with van der Waals surface area (Å²) in [5.41, 5.74) is 2.00. The molecule has 4 heteroatoms. The van der Waals surface area contributed by atoms with E-state index in [9.17, 15) is 4.79 Å². The van der Waals surface area contributed by atoms with E-state index in [1.54, 1.807) is 6.08 Å². The van der Waals surface area contributed by atoms with Gasteiger partial charge in [0.25, 0.3) is 0 Å². The van der Waals surface area contributed by atoms with Gasteiger partial charge in [-0.3, -0.25) is 0 Å². The van der Waals surface area contributed by atoms with Crippen LogP contribution in [0.15, 0.2) is 34.8 Å². The average molecular weight is 324 g/mol. The highest BCUT2D eigenvalue weighted by molar-refractivity contribution is 9.10. The van der Waals surface area contributed by atoms with E-state index in [1.807, 2.05) is 31.2 Å². The van der Waals surface area contributed by atoms with Gasteiger partial charge in [0.2, 0.25) is 0 Å². The number of benzene rings is 1. The fourth-order valence-corrected chi connectivity index (χ4v) is 2.66. The number of halogens is 1. The molecule has 1 aliphatic heterocycles. The van der Waals surface area contributed by atoms with Crippen LogP contribution in [0, 0.1) is 0 Å².